The maximum Gasteiger partial charge on any atom is 0.321 e. The lowest BCUT2D eigenvalue weighted by Gasteiger charge is -2.32. The van der Waals surface area contributed by atoms with Crippen molar-refractivity contribution in [2.45, 2.75) is 45.6 Å². The van der Waals surface area contributed by atoms with Crippen molar-refractivity contribution in [2.75, 3.05) is 18.4 Å². The minimum atomic E-state index is -0.111. The van der Waals surface area contributed by atoms with Gasteiger partial charge in [0.15, 0.2) is 0 Å². The summed E-state index contributed by atoms with van der Waals surface area (Å²) in [5.41, 5.74) is 0.697. The summed E-state index contributed by atoms with van der Waals surface area (Å²) in [6, 6.07) is 7.23. The summed E-state index contributed by atoms with van der Waals surface area (Å²) >= 11 is 5.93. The molecule has 0 aromatic heterocycles. The van der Waals surface area contributed by atoms with Crippen molar-refractivity contribution in [2.24, 2.45) is 5.92 Å². The average molecular weight is 352 g/mol. The van der Waals surface area contributed by atoms with Crippen molar-refractivity contribution in [3.8, 4) is 0 Å². The number of carbonyl (C=O) groups is 2. The second-order valence-electron chi connectivity index (χ2n) is 6.45. The SMILES string of the molecule is CC[C@@H](C)NC(=O)CC1CCN(C(=O)Nc2cccc(Cl)c2)CC1. The van der Waals surface area contributed by atoms with Crippen LogP contribution in [0.3, 0.4) is 0 Å². The first kappa shape index (κ1) is 18.6. The smallest absolute Gasteiger partial charge is 0.321 e. The predicted molar refractivity (Wildman–Crippen MR) is 97.3 cm³/mol. The van der Waals surface area contributed by atoms with Gasteiger partial charge in [-0.15, -0.1) is 0 Å². The molecule has 0 unspecified atom stereocenters. The fourth-order valence-electron chi connectivity index (χ4n) is 2.81. The van der Waals surface area contributed by atoms with E-state index in [2.05, 4.69) is 17.6 Å². The Kier molecular flexibility index (Phi) is 6.91. The van der Waals surface area contributed by atoms with Gasteiger partial charge in [-0.05, 0) is 50.3 Å². The lowest BCUT2D eigenvalue weighted by molar-refractivity contribution is -0.122. The standard InChI is InChI=1S/C18H26ClN3O2/c1-3-13(2)20-17(23)11-14-7-9-22(10-8-14)18(24)21-16-6-4-5-15(19)12-16/h4-6,12-14H,3,7-11H2,1-2H3,(H,20,23)(H,21,24)/t13-/m1/s1. The van der Waals surface area contributed by atoms with Crippen molar-refractivity contribution < 1.29 is 9.59 Å². The third kappa shape index (κ3) is 5.71. The van der Waals surface area contributed by atoms with Crippen LogP contribution in [0.1, 0.15) is 39.5 Å². The highest BCUT2D eigenvalue weighted by atomic mass is 35.5. The second-order valence-corrected chi connectivity index (χ2v) is 6.89. The third-order valence-corrected chi connectivity index (χ3v) is 4.71. The molecule has 3 amide bonds. The number of likely N-dealkylation sites (tertiary alicyclic amines) is 1. The number of amides is 3. The van der Waals surface area contributed by atoms with Gasteiger partial charge in [0.25, 0.3) is 0 Å². The van der Waals surface area contributed by atoms with Crippen LogP contribution in [0.2, 0.25) is 5.02 Å². The molecule has 0 spiro atoms. The van der Waals surface area contributed by atoms with Crippen molar-refractivity contribution in [1.82, 2.24) is 10.2 Å². The Morgan fingerprint density at radius 3 is 2.67 bits per heavy atom. The number of rotatable bonds is 5. The zero-order valence-electron chi connectivity index (χ0n) is 14.3. The number of nitrogens with one attached hydrogen (secondary N) is 2. The van der Waals surface area contributed by atoms with E-state index in [1.807, 2.05) is 13.0 Å². The molecule has 1 aromatic rings. The molecular weight excluding hydrogens is 326 g/mol. The molecule has 0 radical (unpaired) electrons. The molecule has 1 aliphatic heterocycles. The molecule has 1 aliphatic rings. The first-order valence-electron chi connectivity index (χ1n) is 8.58. The topological polar surface area (TPSA) is 61.4 Å². The van der Waals surface area contributed by atoms with Gasteiger partial charge < -0.3 is 15.5 Å². The maximum absolute atomic E-state index is 12.3. The molecule has 24 heavy (non-hydrogen) atoms. The second kappa shape index (κ2) is 8.92. The predicted octanol–water partition coefficient (Wildman–Crippen LogP) is 3.89. The van der Waals surface area contributed by atoms with E-state index in [9.17, 15) is 9.59 Å². The van der Waals surface area contributed by atoms with E-state index < -0.39 is 0 Å². The lowest BCUT2D eigenvalue weighted by atomic mass is 9.93. The highest BCUT2D eigenvalue weighted by Gasteiger charge is 2.24. The molecule has 5 nitrogen and oxygen atoms in total. The third-order valence-electron chi connectivity index (χ3n) is 4.47. The van der Waals surface area contributed by atoms with Crippen molar-refractivity contribution in [3.05, 3.63) is 29.3 Å². The van der Waals surface area contributed by atoms with Crippen LogP contribution >= 0.6 is 11.6 Å². The van der Waals surface area contributed by atoms with Crippen LogP contribution in [-0.2, 0) is 4.79 Å². The van der Waals surface area contributed by atoms with Crippen molar-refractivity contribution in [3.63, 3.8) is 0 Å². The number of hydrogen-bond donors (Lipinski definition) is 2. The average Bonchev–Trinajstić information content (AvgIpc) is 2.55. The number of benzene rings is 1. The maximum atomic E-state index is 12.3. The molecule has 2 rings (SSSR count). The van der Waals surface area contributed by atoms with E-state index in [1.165, 1.54) is 0 Å². The van der Waals surface area contributed by atoms with Gasteiger partial charge in [0.05, 0.1) is 0 Å². The van der Waals surface area contributed by atoms with Gasteiger partial charge in [-0.2, -0.15) is 0 Å². The summed E-state index contributed by atoms with van der Waals surface area (Å²) in [6.45, 7) is 5.42. The zero-order valence-corrected chi connectivity index (χ0v) is 15.1. The Morgan fingerprint density at radius 1 is 1.33 bits per heavy atom. The highest BCUT2D eigenvalue weighted by molar-refractivity contribution is 6.30. The molecule has 0 aliphatic carbocycles. The van der Waals surface area contributed by atoms with E-state index in [0.717, 1.165) is 19.3 Å². The number of carbonyl (C=O) groups excluding carboxylic acids is 2. The number of halogens is 1. The van der Waals surface area contributed by atoms with Gasteiger partial charge in [-0.1, -0.05) is 24.6 Å². The zero-order chi connectivity index (χ0) is 17.5. The summed E-state index contributed by atoms with van der Waals surface area (Å²) < 4.78 is 0. The molecule has 0 bridgehead atoms. The van der Waals surface area contributed by atoms with E-state index in [-0.39, 0.29) is 18.0 Å². The van der Waals surface area contributed by atoms with Gasteiger partial charge in [-0.25, -0.2) is 4.79 Å². The van der Waals surface area contributed by atoms with Crippen LogP contribution in [0, 0.1) is 5.92 Å². The fourth-order valence-corrected chi connectivity index (χ4v) is 3.00. The number of hydrogen-bond acceptors (Lipinski definition) is 2. The first-order chi connectivity index (χ1) is 11.5. The largest absolute Gasteiger partial charge is 0.354 e. The number of urea groups is 1. The normalized spacial score (nSPS) is 16.5. The molecule has 1 atom stereocenters. The quantitative estimate of drug-likeness (QED) is 0.845. The van der Waals surface area contributed by atoms with Gasteiger partial charge in [-0.3, -0.25) is 4.79 Å². The van der Waals surface area contributed by atoms with Crippen LogP contribution in [0.4, 0.5) is 10.5 Å². The van der Waals surface area contributed by atoms with Crippen molar-refractivity contribution in [1.29, 1.82) is 0 Å². The highest BCUT2D eigenvalue weighted by Crippen LogP contribution is 2.22. The summed E-state index contributed by atoms with van der Waals surface area (Å²) in [6.07, 6.45) is 3.20. The van der Waals surface area contributed by atoms with Crippen molar-refractivity contribution >= 4 is 29.2 Å². The molecule has 6 heteroatoms. The molecule has 2 N–H and O–H groups in total. The summed E-state index contributed by atoms with van der Waals surface area (Å²) in [5.74, 6) is 0.468. The van der Waals surface area contributed by atoms with Crippen LogP contribution < -0.4 is 10.6 Å². The molecule has 1 aromatic carbocycles. The minimum Gasteiger partial charge on any atom is -0.354 e. The fraction of sp³-hybridized carbons (Fsp3) is 0.556. The molecule has 0 saturated carbocycles. The van der Waals surface area contributed by atoms with Gasteiger partial charge in [0.1, 0.15) is 0 Å². The molecular formula is C18H26ClN3O2. The Labute approximate surface area is 148 Å². The van der Waals surface area contributed by atoms with E-state index in [4.69, 9.17) is 11.6 Å². The summed E-state index contributed by atoms with van der Waals surface area (Å²) in [4.78, 5) is 26.0. The minimum absolute atomic E-state index is 0.111. The van der Waals surface area contributed by atoms with Gasteiger partial charge in [0.2, 0.25) is 5.91 Å². The number of piperidine rings is 1. The van der Waals surface area contributed by atoms with Gasteiger partial charge >= 0.3 is 6.03 Å². The molecule has 1 saturated heterocycles. The lowest BCUT2D eigenvalue weighted by Crippen LogP contribution is -2.42. The summed E-state index contributed by atoms with van der Waals surface area (Å²) in [7, 11) is 0. The Balaban J connectivity index is 1.75. The Morgan fingerprint density at radius 2 is 2.04 bits per heavy atom. The van der Waals surface area contributed by atoms with Crippen LogP contribution in [0.15, 0.2) is 24.3 Å². The van der Waals surface area contributed by atoms with E-state index in [0.29, 0.717) is 36.1 Å². The van der Waals surface area contributed by atoms with E-state index in [1.54, 1.807) is 23.1 Å². The Hall–Kier alpha value is -1.75. The van der Waals surface area contributed by atoms with Crippen LogP contribution in [0.25, 0.3) is 0 Å². The molecule has 132 valence electrons. The summed E-state index contributed by atoms with van der Waals surface area (Å²) in [5, 5.41) is 6.47. The van der Waals surface area contributed by atoms with Gasteiger partial charge in [0, 0.05) is 36.3 Å². The van der Waals surface area contributed by atoms with Crippen LogP contribution in [-0.4, -0.2) is 36.0 Å². The Bertz CT molecular complexity index is 571. The van der Waals surface area contributed by atoms with E-state index >= 15 is 0 Å². The first-order valence-corrected chi connectivity index (χ1v) is 8.96. The molecule has 1 fully saturated rings. The number of nitrogens with zero attached hydrogens (tertiary/aromatic N) is 1. The monoisotopic (exact) mass is 351 g/mol. The van der Waals surface area contributed by atoms with Crippen LogP contribution in [0.5, 0.6) is 0 Å². The number of anilines is 1. The molecule has 1 heterocycles.